The molecule has 1 saturated heterocycles. The number of pyridine rings is 1. The maximum absolute atomic E-state index is 12.0. The van der Waals surface area contributed by atoms with Crippen molar-refractivity contribution < 1.29 is 9.53 Å². The molecule has 0 saturated carbocycles. The Morgan fingerprint density at radius 2 is 2.08 bits per heavy atom. The Hall–Kier alpha value is -2.62. The van der Waals surface area contributed by atoms with E-state index in [-0.39, 0.29) is 12.0 Å². The topological polar surface area (TPSA) is 87.0 Å². The van der Waals surface area contributed by atoms with Crippen LogP contribution in [0.3, 0.4) is 0 Å². The molecule has 1 aromatic heterocycles. The second-order valence-corrected chi connectivity index (χ2v) is 5.77. The molecule has 7 heteroatoms. The van der Waals surface area contributed by atoms with E-state index in [1.165, 1.54) is 6.20 Å². The number of nitrogens with zero attached hydrogens (tertiary/aromatic N) is 2. The molecule has 0 radical (unpaired) electrons. The van der Waals surface area contributed by atoms with E-state index in [1.54, 1.807) is 30.3 Å². The van der Waals surface area contributed by atoms with Gasteiger partial charge < -0.3 is 15.4 Å². The highest BCUT2D eigenvalue weighted by Crippen LogP contribution is 2.25. The number of aromatic nitrogens is 1. The molecule has 0 spiro atoms. The lowest BCUT2D eigenvalue weighted by Crippen LogP contribution is -2.26. The van der Waals surface area contributed by atoms with Gasteiger partial charge in [0.2, 0.25) is 0 Å². The number of hydrogen-bond acceptors (Lipinski definition) is 5. The quantitative estimate of drug-likeness (QED) is 0.888. The van der Waals surface area contributed by atoms with E-state index >= 15 is 0 Å². The molecule has 1 fully saturated rings. The van der Waals surface area contributed by atoms with E-state index in [9.17, 15) is 4.79 Å². The van der Waals surface area contributed by atoms with Gasteiger partial charge in [-0.2, -0.15) is 5.26 Å². The van der Waals surface area contributed by atoms with Crippen molar-refractivity contribution in [2.24, 2.45) is 0 Å². The molecule has 2 N–H and O–H groups in total. The number of rotatable bonds is 4. The summed E-state index contributed by atoms with van der Waals surface area (Å²) in [5.74, 6) is 0.344. The minimum Gasteiger partial charge on any atom is -0.368 e. The number of nitrogens with one attached hydrogen (secondary N) is 2. The second-order valence-electron chi connectivity index (χ2n) is 5.36. The minimum absolute atomic E-state index is 0.120. The molecule has 6 nitrogen and oxygen atoms in total. The van der Waals surface area contributed by atoms with Gasteiger partial charge in [-0.3, -0.25) is 4.79 Å². The van der Waals surface area contributed by atoms with Gasteiger partial charge >= 0.3 is 0 Å². The SMILES string of the molecule is N#Cc1cnc(Nc2ccc(NC(=O)C3CCCO3)cc2)c(Cl)c1. The smallest absolute Gasteiger partial charge is 0.253 e. The van der Waals surface area contributed by atoms with Crippen LogP contribution in [0.2, 0.25) is 5.02 Å². The summed E-state index contributed by atoms with van der Waals surface area (Å²) in [6.07, 6.45) is 2.77. The fourth-order valence-electron chi connectivity index (χ4n) is 2.37. The van der Waals surface area contributed by atoms with Crippen LogP contribution in [0, 0.1) is 11.3 Å². The van der Waals surface area contributed by atoms with E-state index in [0.717, 1.165) is 18.5 Å². The first-order valence-electron chi connectivity index (χ1n) is 7.51. The van der Waals surface area contributed by atoms with Crippen LogP contribution in [0.15, 0.2) is 36.5 Å². The highest BCUT2D eigenvalue weighted by atomic mass is 35.5. The number of ether oxygens (including phenoxy) is 1. The van der Waals surface area contributed by atoms with Crippen LogP contribution in [0.25, 0.3) is 0 Å². The first-order chi connectivity index (χ1) is 11.7. The van der Waals surface area contributed by atoms with Crippen molar-refractivity contribution in [1.82, 2.24) is 4.98 Å². The molecular weight excluding hydrogens is 328 g/mol. The van der Waals surface area contributed by atoms with Gasteiger partial charge in [-0.15, -0.1) is 0 Å². The zero-order valence-corrected chi connectivity index (χ0v) is 13.5. The Morgan fingerprint density at radius 3 is 2.71 bits per heavy atom. The van der Waals surface area contributed by atoms with Crippen LogP contribution < -0.4 is 10.6 Å². The summed E-state index contributed by atoms with van der Waals surface area (Å²) in [6, 6.07) is 10.7. The van der Waals surface area contributed by atoms with Crippen molar-refractivity contribution in [2.45, 2.75) is 18.9 Å². The van der Waals surface area contributed by atoms with Crippen molar-refractivity contribution in [1.29, 1.82) is 5.26 Å². The van der Waals surface area contributed by atoms with Crippen molar-refractivity contribution in [2.75, 3.05) is 17.2 Å². The molecule has 1 unspecified atom stereocenters. The lowest BCUT2D eigenvalue weighted by atomic mass is 10.2. The lowest BCUT2D eigenvalue weighted by molar-refractivity contribution is -0.124. The normalized spacial score (nSPS) is 16.4. The molecule has 2 aromatic rings. The van der Waals surface area contributed by atoms with Crippen LogP contribution >= 0.6 is 11.6 Å². The third-order valence-electron chi connectivity index (χ3n) is 3.61. The summed E-state index contributed by atoms with van der Waals surface area (Å²) in [5.41, 5.74) is 1.86. The van der Waals surface area contributed by atoms with Gasteiger partial charge in [-0.25, -0.2) is 4.98 Å². The molecular formula is C17H15ClN4O2. The van der Waals surface area contributed by atoms with E-state index in [1.807, 2.05) is 6.07 Å². The van der Waals surface area contributed by atoms with Crippen molar-refractivity contribution >= 4 is 34.7 Å². The maximum atomic E-state index is 12.0. The Balaban J connectivity index is 1.64. The third-order valence-corrected chi connectivity index (χ3v) is 3.90. The predicted octanol–water partition coefficient (Wildman–Crippen LogP) is 3.47. The number of amides is 1. The molecule has 1 aliphatic heterocycles. The first-order valence-corrected chi connectivity index (χ1v) is 7.89. The second kappa shape index (κ2) is 7.30. The Bertz CT molecular complexity index is 780. The molecule has 1 aliphatic rings. The van der Waals surface area contributed by atoms with Gasteiger partial charge in [0.15, 0.2) is 0 Å². The molecule has 122 valence electrons. The Morgan fingerprint density at radius 1 is 1.33 bits per heavy atom. The zero-order valence-electron chi connectivity index (χ0n) is 12.8. The van der Waals surface area contributed by atoms with E-state index in [0.29, 0.717) is 28.7 Å². The number of carbonyl (C=O) groups is 1. The number of carbonyl (C=O) groups excluding carboxylic acids is 1. The van der Waals surface area contributed by atoms with E-state index in [2.05, 4.69) is 15.6 Å². The van der Waals surface area contributed by atoms with Crippen LogP contribution in [-0.2, 0) is 9.53 Å². The zero-order chi connectivity index (χ0) is 16.9. The fraction of sp³-hybridized carbons (Fsp3) is 0.235. The minimum atomic E-state index is -0.357. The lowest BCUT2D eigenvalue weighted by Gasteiger charge is -2.11. The number of halogens is 1. The molecule has 1 amide bonds. The van der Waals surface area contributed by atoms with Gasteiger partial charge in [-0.1, -0.05) is 11.6 Å². The molecule has 1 aromatic carbocycles. The standard InChI is InChI=1S/C17H15ClN4O2/c18-14-8-11(9-19)10-20-16(14)21-12-3-5-13(6-4-12)22-17(23)15-2-1-7-24-15/h3-6,8,10,15H,1-2,7H2,(H,20,21)(H,22,23). The predicted molar refractivity (Wildman–Crippen MR) is 91.3 cm³/mol. The van der Waals surface area contributed by atoms with Gasteiger partial charge in [0.05, 0.1) is 10.6 Å². The average Bonchev–Trinajstić information content (AvgIpc) is 3.13. The largest absolute Gasteiger partial charge is 0.368 e. The molecule has 2 heterocycles. The number of anilines is 3. The first kappa shape index (κ1) is 16.2. The maximum Gasteiger partial charge on any atom is 0.253 e. The molecule has 3 rings (SSSR count). The van der Waals surface area contributed by atoms with Gasteiger partial charge in [0.25, 0.3) is 5.91 Å². The highest BCUT2D eigenvalue weighted by molar-refractivity contribution is 6.33. The summed E-state index contributed by atoms with van der Waals surface area (Å²) in [5, 5.41) is 15.1. The summed E-state index contributed by atoms with van der Waals surface area (Å²) in [6.45, 7) is 0.638. The van der Waals surface area contributed by atoms with Crippen molar-refractivity contribution in [3.05, 3.63) is 47.1 Å². The summed E-state index contributed by atoms with van der Waals surface area (Å²) >= 11 is 6.08. The molecule has 24 heavy (non-hydrogen) atoms. The third kappa shape index (κ3) is 3.82. The van der Waals surface area contributed by atoms with Crippen LogP contribution in [0.1, 0.15) is 18.4 Å². The Labute approximate surface area is 144 Å². The van der Waals surface area contributed by atoms with Crippen LogP contribution in [0.4, 0.5) is 17.2 Å². The van der Waals surface area contributed by atoms with Crippen molar-refractivity contribution in [3.63, 3.8) is 0 Å². The summed E-state index contributed by atoms with van der Waals surface area (Å²) in [7, 11) is 0. The molecule has 1 atom stereocenters. The summed E-state index contributed by atoms with van der Waals surface area (Å²) in [4.78, 5) is 16.1. The fourth-order valence-corrected chi connectivity index (χ4v) is 2.59. The van der Waals surface area contributed by atoms with E-state index in [4.69, 9.17) is 21.6 Å². The van der Waals surface area contributed by atoms with Crippen LogP contribution in [-0.4, -0.2) is 23.6 Å². The number of hydrogen-bond donors (Lipinski definition) is 2. The highest BCUT2D eigenvalue weighted by Gasteiger charge is 2.23. The molecule has 0 bridgehead atoms. The van der Waals surface area contributed by atoms with Gasteiger partial charge in [0.1, 0.15) is 18.0 Å². The van der Waals surface area contributed by atoms with Crippen molar-refractivity contribution in [3.8, 4) is 6.07 Å². The van der Waals surface area contributed by atoms with Gasteiger partial charge in [-0.05, 0) is 43.2 Å². The summed E-state index contributed by atoms with van der Waals surface area (Å²) < 4.78 is 5.35. The van der Waals surface area contributed by atoms with Crippen LogP contribution in [0.5, 0.6) is 0 Å². The molecule has 0 aliphatic carbocycles. The monoisotopic (exact) mass is 342 g/mol. The average molecular weight is 343 g/mol. The van der Waals surface area contributed by atoms with Gasteiger partial charge in [0, 0.05) is 24.2 Å². The number of nitriles is 1. The number of benzene rings is 1. The Kier molecular flexibility index (Phi) is 4.94. The van der Waals surface area contributed by atoms with E-state index < -0.39 is 0 Å².